The van der Waals surface area contributed by atoms with Crippen molar-refractivity contribution < 1.29 is 8.83 Å². The van der Waals surface area contributed by atoms with Crippen LogP contribution in [-0.4, -0.2) is 23.1 Å². The van der Waals surface area contributed by atoms with Gasteiger partial charge in [-0.25, -0.2) is 9.97 Å². The first-order valence-electron chi connectivity index (χ1n) is 10.9. The molecule has 2 atom stereocenters. The van der Waals surface area contributed by atoms with Gasteiger partial charge in [-0.3, -0.25) is 0 Å². The topological polar surface area (TPSA) is 79.1 Å². The van der Waals surface area contributed by atoms with Crippen molar-refractivity contribution in [2.24, 2.45) is 0 Å². The van der Waals surface area contributed by atoms with E-state index in [1.165, 1.54) is 5.56 Å². The zero-order chi connectivity index (χ0) is 20.8. The van der Waals surface area contributed by atoms with E-state index in [-0.39, 0.29) is 11.8 Å². The predicted molar refractivity (Wildman–Crippen MR) is 116 cm³/mol. The van der Waals surface area contributed by atoms with Gasteiger partial charge in [-0.05, 0) is 42.9 Å². The molecular formula is C25H22N4O2. The minimum atomic E-state index is 0.264. The van der Waals surface area contributed by atoms with Gasteiger partial charge in [0.1, 0.15) is 11.6 Å². The van der Waals surface area contributed by atoms with E-state index in [9.17, 15) is 5.26 Å². The molecule has 2 aliphatic rings. The quantitative estimate of drug-likeness (QED) is 0.452. The van der Waals surface area contributed by atoms with Gasteiger partial charge in [-0.15, -0.1) is 0 Å². The Morgan fingerprint density at radius 3 is 2.42 bits per heavy atom. The summed E-state index contributed by atoms with van der Waals surface area (Å²) in [7, 11) is 0. The normalized spacial score (nSPS) is 21.3. The summed E-state index contributed by atoms with van der Waals surface area (Å²) in [5.41, 5.74) is 3.45. The van der Waals surface area contributed by atoms with Crippen molar-refractivity contribution >= 4 is 17.0 Å². The lowest BCUT2D eigenvalue weighted by molar-refractivity contribution is 0.392. The van der Waals surface area contributed by atoms with E-state index in [1.807, 2.05) is 30.3 Å². The van der Waals surface area contributed by atoms with Crippen LogP contribution >= 0.6 is 0 Å². The lowest BCUT2D eigenvalue weighted by Crippen LogP contribution is -2.33. The monoisotopic (exact) mass is 410 g/mol. The van der Waals surface area contributed by atoms with E-state index < -0.39 is 0 Å². The second-order valence-corrected chi connectivity index (χ2v) is 8.46. The molecule has 1 saturated heterocycles. The van der Waals surface area contributed by atoms with Crippen LogP contribution in [0.25, 0.3) is 11.1 Å². The van der Waals surface area contributed by atoms with Gasteiger partial charge in [-0.1, -0.05) is 42.5 Å². The zero-order valence-corrected chi connectivity index (χ0v) is 17.1. The smallest absolute Gasteiger partial charge is 0.234 e. The lowest BCUT2D eigenvalue weighted by Gasteiger charge is -2.30. The van der Waals surface area contributed by atoms with Crippen LogP contribution in [0.4, 0.5) is 5.88 Å². The standard InChI is InChI=1S/C25H22N4O2/c26-15-21-25(31-24(28-21)19-14-18(19)16-6-2-1-3-7-16)29-12-10-17(11-13-29)23-27-20-8-4-5-9-22(20)30-23/h1-9,17-19H,10-14H2/t18-,19+/m1/s1. The maximum absolute atomic E-state index is 9.63. The summed E-state index contributed by atoms with van der Waals surface area (Å²) in [6.45, 7) is 1.58. The molecule has 3 heterocycles. The second kappa shape index (κ2) is 7.28. The summed E-state index contributed by atoms with van der Waals surface area (Å²) < 4.78 is 12.1. The highest BCUT2D eigenvalue weighted by Gasteiger charge is 2.44. The fourth-order valence-electron chi connectivity index (χ4n) is 4.70. The number of nitrogens with zero attached hydrogens (tertiary/aromatic N) is 4. The molecular weight excluding hydrogens is 388 g/mol. The summed E-state index contributed by atoms with van der Waals surface area (Å²) in [5.74, 6) is 3.10. The van der Waals surface area contributed by atoms with Gasteiger partial charge in [0, 0.05) is 24.9 Å². The number of piperidine rings is 1. The van der Waals surface area contributed by atoms with Crippen LogP contribution in [0, 0.1) is 11.3 Å². The zero-order valence-electron chi connectivity index (χ0n) is 17.1. The Morgan fingerprint density at radius 1 is 0.871 bits per heavy atom. The Kier molecular flexibility index (Phi) is 4.27. The van der Waals surface area contributed by atoms with Crippen LogP contribution in [0.2, 0.25) is 0 Å². The van der Waals surface area contributed by atoms with Gasteiger partial charge in [0.25, 0.3) is 0 Å². The van der Waals surface area contributed by atoms with Crippen molar-refractivity contribution in [1.82, 2.24) is 9.97 Å². The number of fused-ring (bicyclic) bond motifs is 1. The molecule has 31 heavy (non-hydrogen) atoms. The minimum Gasteiger partial charge on any atom is -0.440 e. The molecule has 1 saturated carbocycles. The molecule has 2 aromatic carbocycles. The Labute approximate surface area is 180 Å². The highest BCUT2D eigenvalue weighted by molar-refractivity contribution is 5.72. The van der Waals surface area contributed by atoms with Crippen LogP contribution in [0.15, 0.2) is 63.4 Å². The number of hydrogen-bond acceptors (Lipinski definition) is 6. The molecule has 0 amide bonds. The number of benzene rings is 2. The highest BCUT2D eigenvalue weighted by Crippen LogP contribution is 2.55. The Hall–Kier alpha value is -3.59. The molecule has 0 unspecified atom stereocenters. The number of nitriles is 1. The Morgan fingerprint density at radius 2 is 1.65 bits per heavy atom. The van der Waals surface area contributed by atoms with Gasteiger partial charge < -0.3 is 13.7 Å². The van der Waals surface area contributed by atoms with Crippen LogP contribution in [-0.2, 0) is 0 Å². The molecule has 6 heteroatoms. The van der Waals surface area contributed by atoms with E-state index in [1.54, 1.807) is 0 Å². The molecule has 6 rings (SSSR count). The summed E-state index contributed by atoms with van der Waals surface area (Å²) >= 11 is 0. The van der Waals surface area contributed by atoms with Crippen LogP contribution in [0.5, 0.6) is 0 Å². The summed E-state index contributed by atoms with van der Waals surface area (Å²) in [6, 6.07) is 20.6. The van der Waals surface area contributed by atoms with E-state index >= 15 is 0 Å². The largest absolute Gasteiger partial charge is 0.440 e. The fourth-order valence-corrected chi connectivity index (χ4v) is 4.70. The molecule has 2 fully saturated rings. The number of oxazole rings is 2. The van der Waals surface area contributed by atoms with Crippen LogP contribution in [0.1, 0.15) is 60.1 Å². The third-order valence-corrected chi connectivity index (χ3v) is 6.51. The summed E-state index contributed by atoms with van der Waals surface area (Å²) in [5, 5.41) is 9.63. The fraction of sp³-hybridized carbons (Fsp3) is 0.320. The maximum atomic E-state index is 9.63. The maximum Gasteiger partial charge on any atom is 0.234 e. The van der Waals surface area contributed by atoms with Crippen molar-refractivity contribution in [3.8, 4) is 6.07 Å². The Bertz CT molecular complexity index is 1230. The first-order valence-corrected chi connectivity index (χ1v) is 10.9. The molecule has 2 aromatic heterocycles. The van der Waals surface area contributed by atoms with E-state index in [0.29, 0.717) is 23.4 Å². The molecule has 4 aromatic rings. The minimum absolute atomic E-state index is 0.264. The molecule has 0 bridgehead atoms. The number of hydrogen-bond donors (Lipinski definition) is 0. The van der Waals surface area contributed by atoms with E-state index in [0.717, 1.165) is 49.3 Å². The van der Waals surface area contributed by atoms with Crippen LogP contribution in [0.3, 0.4) is 0 Å². The third-order valence-electron chi connectivity index (χ3n) is 6.51. The third kappa shape index (κ3) is 3.27. The van der Waals surface area contributed by atoms with Gasteiger partial charge in [-0.2, -0.15) is 5.26 Å². The van der Waals surface area contributed by atoms with Crippen LogP contribution < -0.4 is 4.90 Å². The second-order valence-electron chi connectivity index (χ2n) is 8.46. The first-order chi connectivity index (χ1) is 15.3. The molecule has 1 aliphatic carbocycles. The van der Waals surface area contributed by atoms with Gasteiger partial charge in [0.2, 0.25) is 17.5 Å². The van der Waals surface area contributed by atoms with E-state index in [4.69, 9.17) is 8.83 Å². The van der Waals surface area contributed by atoms with Gasteiger partial charge >= 0.3 is 0 Å². The Balaban J connectivity index is 1.17. The lowest BCUT2D eigenvalue weighted by atomic mass is 9.97. The molecule has 0 N–H and O–H groups in total. The molecule has 0 spiro atoms. The number of para-hydroxylation sites is 2. The first kappa shape index (κ1) is 18.2. The number of aromatic nitrogens is 2. The van der Waals surface area contributed by atoms with Gasteiger partial charge in [0.05, 0.1) is 0 Å². The average Bonchev–Trinajstić information content (AvgIpc) is 3.32. The number of anilines is 1. The van der Waals surface area contributed by atoms with Crippen molar-refractivity contribution in [3.63, 3.8) is 0 Å². The molecule has 0 radical (unpaired) electrons. The SMILES string of the molecule is N#Cc1nc([C@H]2C[C@@H]2c2ccccc2)oc1N1CCC(c2nc3ccccc3o2)CC1. The molecule has 1 aliphatic heterocycles. The number of rotatable bonds is 4. The van der Waals surface area contributed by atoms with Crippen molar-refractivity contribution in [2.75, 3.05) is 18.0 Å². The van der Waals surface area contributed by atoms with Crippen molar-refractivity contribution in [3.05, 3.63) is 77.6 Å². The summed E-state index contributed by atoms with van der Waals surface area (Å²) in [6.07, 6.45) is 2.84. The van der Waals surface area contributed by atoms with E-state index in [2.05, 4.69) is 45.2 Å². The van der Waals surface area contributed by atoms with Gasteiger partial charge in [0.15, 0.2) is 11.5 Å². The molecule has 6 nitrogen and oxygen atoms in total. The highest BCUT2D eigenvalue weighted by atomic mass is 16.4. The average molecular weight is 410 g/mol. The predicted octanol–water partition coefficient (Wildman–Crippen LogP) is 5.34. The van der Waals surface area contributed by atoms with Crippen molar-refractivity contribution in [1.29, 1.82) is 5.26 Å². The summed E-state index contributed by atoms with van der Waals surface area (Å²) in [4.78, 5) is 11.4. The molecule has 154 valence electrons. The van der Waals surface area contributed by atoms with Crippen molar-refractivity contribution in [2.45, 2.75) is 37.0 Å².